The van der Waals surface area contributed by atoms with Gasteiger partial charge < -0.3 is 15.8 Å². The maximum Gasteiger partial charge on any atom is 0.142 e. The number of hydrogen-bond acceptors (Lipinski definition) is 3. The lowest BCUT2D eigenvalue weighted by molar-refractivity contribution is 0.312. The van der Waals surface area contributed by atoms with Crippen LogP contribution in [-0.2, 0) is 12.8 Å². The molecule has 0 atom stereocenters. The van der Waals surface area contributed by atoms with E-state index < -0.39 is 0 Å². The normalized spacial score (nSPS) is 13.8. The SMILES string of the molecule is Nc1cc(CCCNC2CC2)ccc1OCCCc1ccccc1. The molecule has 0 heterocycles. The van der Waals surface area contributed by atoms with Crippen LogP contribution in [0.2, 0.25) is 0 Å². The summed E-state index contributed by atoms with van der Waals surface area (Å²) in [6.45, 7) is 1.80. The zero-order valence-electron chi connectivity index (χ0n) is 14.3. The quantitative estimate of drug-likeness (QED) is 0.513. The fourth-order valence-corrected chi connectivity index (χ4v) is 2.87. The van der Waals surface area contributed by atoms with Gasteiger partial charge in [0.05, 0.1) is 12.3 Å². The standard InChI is InChI=1S/C21H28N2O/c22-20-16-18(8-4-14-23-19-11-12-19)10-13-21(20)24-15-5-9-17-6-2-1-3-7-17/h1-3,6-7,10,13,16,19,23H,4-5,8-9,11-12,14-15,22H2. The first-order chi connectivity index (χ1) is 11.8. The summed E-state index contributed by atoms with van der Waals surface area (Å²) in [5, 5.41) is 3.54. The van der Waals surface area contributed by atoms with Crippen LogP contribution in [0.4, 0.5) is 5.69 Å². The van der Waals surface area contributed by atoms with Gasteiger partial charge in [-0.25, -0.2) is 0 Å². The van der Waals surface area contributed by atoms with Gasteiger partial charge in [-0.3, -0.25) is 0 Å². The summed E-state index contributed by atoms with van der Waals surface area (Å²) in [4.78, 5) is 0. The summed E-state index contributed by atoms with van der Waals surface area (Å²) in [7, 11) is 0. The Balaban J connectivity index is 1.37. The van der Waals surface area contributed by atoms with E-state index in [9.17, 15) is 0 Å². The van der Waals surface area contributed by atoms with E-state index in [2.05, 4.69) is 41.7 Å². The molecule has 0 amide bonds. The van der Waals surface area contributed by atoms with Crippen molar-refractivity contribution in [3.05, 3.63) is 59.7 Å². The lowest BCUT2D eigenvalue weighted by Crippen LogP contribution is -2.17. The van der Waals surface area contributed by atoms with Crippen LogP contribution >= 0.6 is 0 Å². The number of ether oxygens (including phenoxy) is 1. The van der Waals surface area contributed by atoms with Crippen molar-refractivity contribution in [2.45, 2.75) is 44.6 Å². The van der Waals surface area contributed by atoms with Crippen molar-refractivity contribution in [2.75, 3.05) is 18.9 Å². The van der Waals surface area contributed by atoms with Crippen molar-refractivity contribution in [2.24, 2.45) is 0 Å². The van der Waals surface area contributed by atoms with Crippen molar-refractivity contribution < 1.29 is 4.74 Å². The Bertz CT molecular complexity index is 623. The summed E-state index contributed by atoms with van der Waals surface area (Å²) in [6, 6.07) is 17.5. The Morgan fingerprint density at radius 1 is 0.958 bits per heavy atom. The molecule has 3 rings (SSSR count). The van der Waals surface area contributed by atoms with Gasteiger partial charge in [-0.2, -0.15) is 0 Å². The summed E-state index contributed by atoms with van der Waals surface area (Å²) < 4.78 is 5.84. The Morgan fingerprint density at radius 3 is 2.50 bits per heavy atom. The first-order valence-electron chi connectivity index (χ1n) is 9.10. The first kappa shape index (κ1) is 16.8. The van der Waals surface area contributed by atoms with Crippen LogP contribution in [0, 0.1) is 0 Å². The van der Waals surface area contributed by atoms with Gasteiger partial charge in [-0.1, -0.05) is 36.4 Å². The smallest absolute Gasteiger partial charge is 0.142 e. The number of nitrogens with one attached hydrogen (secondary N) is 1. The molecule has 0 bridgehead atoms. The second-order valence-electron chi connectivity index (χ2n) is 6.64. The van der Waals surface area contributed by atoms with Crippen LogP contribution in [0.15, 0.2) is 48.5 Å². The van der Waals surface area contributed by atoms with E-state index in [4.69, 9.17) is 10.5 Å². The maximum absolute atomic E-state index is 6.14. The molecule has 1 saturated carbocycles. The Morgan fingerprint density at radius 2 is 1.75 bits per heavy atom. The molecule has 3 nitrogen and oxygen atoms in total. The third-order valence-corrected chi connectivity index (χ3v) is 4.44. The second-order valence-corrected chi connectivity index (χ2v) is 6.64. The molecule has 0 unspecified atom stereocenters. The molecule has 2 aromatic carbocycles. The fourth-order valence-electron chi connectivity index (χ4n) is 2.87. The van der Waals surface area contributed by atoms with Crippen LogP contribution < -0.4 is 15.8 Å². The molecule has 0 radical (unpaired) electrons. The van der Waals surface area contributed by atoms with Gasteiger partial charge in [0.25, 0.3) is 0 Å². The van der Waals surface area contributed by atoms with Gasteiger partial charge >= 0.3 is 0 Å². The second kappa shape index (κ2) is 8.74. The average molecular weight is 324 g/mol. The number of nitrogens with two attached hydrogens (primary N) is 1. The highest BCUT2D eigenvalue weighted by atomic mass is 16.5. The van der Waals surface area contributed by atoms with Crippen LogP contribution in [0.3, 0.4) is 0 Å². The summed E-state index contributed by atoms with van der Waals surface area (Å²) >= 11 is 0. The predicted molar refractivity (Wildman–Crippen MR) is 100 cm³/mol. The highest BCUT2D eigenvalue weighted by molar-refractivity contribution is 5.54. The number of benzene rings is 2. The Kier molecular flexibility index (Phi) is 6.13. The number of anilines is 1. The van der Waals surface area contributed by atoms with Crippen LogP contribution in [0.25, 0.3) is 0 Å². The minimum atomic E-state index is 0.698. The van der Waals surface area contributed by atoms with E-state index in [1.165, 1.54) is 24.0 Å². The van der Waals surface area contributed by atoms with Crippen molar-refractivity contribution >= 4 is 5.69 Å². The molecule has 2 aromatic rings. The molecule has 128 valence electrons. The highest BCUT2D eigenvalue weighted by Gasteiger charge is 2.19. The molecule has 3 heteroatoms. The number of nitrogen functional groups attached to an aromatic ring is 1. The Labute approximate surface area is 145 Å². The van der Waals surface area contributed by atoms with Crippen LogP contribution in [0.1, 0.15) is 36.8 Å². The van der Waals surface area contributed by atoms with E-state index in [-0.39, 0.29) is 0 Å². The van der Waals surface area contributed by atoms with Gasteiger partial charge in [0.15, 0.2) is 0 Å². The monoisotopic (exact) mass is 324 g/mol. The van der Waals surface area contributed by atoms with Crippen molar-refractivity contribution in [3.8, 4) is 5.75 Å². The van der Waals surface area contributed by atoms with Crippen LogP contribution in [-0.4, -0.2) is 19.2 Å². The van der Waals surface area contributed by atoms with E-state index in [1.54, 1.807) is 0 Å². The van der Waals surface area contributed by atoms with Crippen LogP contribution in [0.5, 0.6) is 5.75 Å². The van der Waals surface area contributed by atoms with Gasteiger partial charge in [0.1, 0.15) is 5.75 Å². The molecule has 0 aliphatic heterocycles. The summed E-state index contributed by atoms with van der Waals surface area (Å²) in [5.74, 6) is 0.808. The van der Waals surface area contributed by atoms with Gasteiger partial charge in [-0.15, -0.1) is 0 Å². The molecule has 0 aromatic heterocycles. The minimum absolute atomic E-state index is 0.698. The average Bonchev–Trinajstić information content (AvgIpc) is 3.42. The first-order valence-corrected chi connectivity index (χ1v) is 9.10. The zero-order chi connectivity index (χ0) is 16.6. The van der Waals surface area contributed by atoms with E-state index in [1.807, 2.05) is 12.1 Å². The van der Waals surface area contributed by atoms with Gasteiger partial charge in [0, 0.05) is 6.04 Å². The van der Waals surface area contributed by atoms with Gasteiger partial charge in [-0.05, 0) is 68.3 Å². The fraction of sp³-hybridized carbons (Fsp3) is 0.429. The van der Waals surface area contributed by atoms with E-state index in [0.717, 1.165) is 49.7 Å². The largest absolute Gasteiger partial charge is 0.491 e. The molecule has 3 N–H and O–H groups in total. The maximum atomic E-state index is 6.14. The third-order valence-electron chi connectivity index (χ3n) is 4.44. The molecule has 24 heavy (non-hydrogen) atoms. The third kappa shape index (κ3) is 5.57. The van der Waals surface area contributed by atoms with Gasteiger partial charge in [0.2, 0.25) is 0 Å². The molecule has 0 spiro atoms. The lowest BCUT2D eigenvalue weighted by atomic mass is 10.1. The molecule has 1 fully saturated rings. The number of rotatable bonds is 10. The van der Waals surface area contributed by atoms with Crippen molar-refractivity contribution in [1.82, 2.24) is 5.32 Å². The van der Waals surface area contributed by atoms with E-state index >= 15 is 0 Å². The van der Waals surface area contributed by atoms with E-state index in [0.29, 0.717) is 6.61 Å². The highest BCUT2D eigenvalue weighted by Crippen LogP contribution is 2.24. The minimum Gasteiger partial charge on any atom is -0.491 e. The molecular weight excluding hydrogens is 296 g/mol. The Hall–Kier alpha value is -2.00. The molecular formula is C21H28N2O. The lowest BCUT2D eigenvalue weighted by Gasteiger charge is -2.11. The topological polar surface area (TPSA) is 47.3 Å². The summed E-state index contributed by atoms with van der Waals surface area (Å²) in [6.07, 6.45) is 6.96. The van der Waals surface area contributed by atoms with Crippen molar-refractivity contribution in [1.29, 1.82) is 0 Å². The molecule has 1 aliphatic carbocycles. The summed E-state index contributed by atoms with van der Waals surface area (Å²) in [5.41, 5.74) is 9.53. The molecule has 0 saturated heterocycles. The van der Waals surface area contributed by atoms with Crippen molar-refractivity contribution in [3.63, 3.8) is 0 Å². The predicted octanol–water partition coefficient (Wildman–Crippen LogP) is 3.97. The number of aryl methyl sites for hydroxylation is 2. The number of hydrogen-bond donors (Lipinski definition) is 2. The zero-order valence-corrected chi connectivity index (χ0v) is 14.3. The molecule has 1 aliphatic rings.